The molecule has 15 heterocycles. The van der Waals surface area contributed by atoms with E-state index in [1.165, 1.54) is 7.11 Å². The molecule has 0 unspecified atom stereocenters. The maximum Gasteiger partial charge on any atom is 0.190 e. The molecule has 0 aliphatic carbocycles. The standard InChI is InChI=1S/2C13H24O4.C12H22O5.2C12H22O4.C11H20O5.C10H20O4.C10H18O3.CH4.H2/c2*1-7-13(8(2)3)10(14-6)9-11(17-13)16-12(4,5)15-9;1-6-12(7(2)13)9(14-5)8-10(17-12)16-11(3,4)15-8;2*1-6-12(7(2)3)9(13)8-10(16-12)15-11(4,5)14-8;1-5-11(6-12)8(13-4)7-9(16-11)15-10(2,3)14-7;1-6(2)10(5-11)9(13-4)8(12)7(3)14-10;1-6(2)10-5-12-8(7(3)13-10)9(10)11-4;;/h2*8-11H,7H2,1-6H3;7-10,13H,6H2,1-5H3;2*7-10,13H,6H2,1-5H3;7-9,12H,5-6H2,1-4H3;6-9,11-12H,5H2,1-4H3;6-9H,5H2,1-4H3;1H4;1H/t9-,10+,11+,13+;9-,10-,11+,13+;7-,8+,9-,10-,12-;8-,9+,10+,12+;8-,9-,10+,12+;7-,8+,9+,11+;7-,8-,9+,10-;7-,8+,9+,10-;;/m11011100../s1/i;;;;;;;;;1+1D. The van der Waals surface area contributed by atoms with Gasteiger partial charge < -0.3 is 159 Å². The average molecular weight is 1840 g/mol. The third kappa shape index (κ3) is 21.6. The average Bonchev–Trinajstić information content (AvgIpc) is 1.59. The zero-order valence-electron chi connectivity index (χ0n) is 86.0. The van der Waals surface area contributed by atoms with Crippen LogP contribution in [0.4, 0.5) is 0 Å². The summed E-state index contributed by atoms with van der Waals surface area (Å²) in [4.78, 5) is 0. The largest absolute Gasteiger partial charge is 0.393 e. The molecule has 752 valence electrons. The topological polar surface area (TPSA) is 371 Å². The second kappa shape index (κ2) is 42.6. The SMILES string of the molecule is C.CC[C@@]1(C(C)C)O[C@@H]2OC(C)(C)O[C@@H]2[C@@H]1O.CC[C@@]1(C(C)C)O[C@@H]2OC(C)(C)O[C@@H]2[C@@H]1OC.CC[C@@]1(C(C)C)O[C@@H]2OC(C)(C)O[C@@H]2[C@H]1O.CC[C@@]1(C(C)C)O[C@@H]2OC(C)(C)O[C@@H]2[C@H]1OC.CC[C@@]1(CO)O[C@@H]2OC(C)(C)O[C@@H]2[C@@H]1OC.CC[C@@]1([C@H](C)O)O[C@@H]2OC(C)(C)O[C@@H]2[C@@H]1OC.CO[C@@H]1[C@@H](O)[C@H](C)O[C@@]1(CO)C(C)C.CO[C@@H]1[C@@H]2OC[C@@]1(C(C)C)O[C@H]2C.[2H][2H]. The van der Waals surface area contributed by atoms with Crippen LogP contribution in [-0.2, 0) is 128 Å². The van der Waals surface area contributed by atoms with Gasteiger partial charge in [0, 0.05) is 45.6 Å². The van der Waals surface area contributed by atoms with Gasteiger partial charge in [0.2, 0.25) is 0 Å². The maximum absolute atomic E-state index is 10.4. The molecule has 0 amide bonds. The van der Waals surface area contributed by atoms with Gasteiger partial charge in [-0.2, -0.15) is 0 Å². The van der Waals surface area contributed by atoms with Crippen LogP contribution < -0.4 is 0 Å². The Labute approximate surface area is 764 Å². The molecule has 0 aromatic rings. The molecule has 15 rings (SSSR count). The first kappa shape index (κ1) is 111. The molecule has 0 spiro atoms. The Morgan fingerprint density at radius 1 is 0.299 bits per heavy atom. The van der Waals surface area contributed by atoms with Crippen molar-refractivity contribution in [2.75, 3.05) is 62.5 Å². The Balaban J connectivity index is 0.000000227. The molecular weight excluding hydrogens is 1660 g/mol. The Morgan fingerprint density at radius 3 is 0.811 bits per heavy atom. The number of rotatable bonds is 21. The van der Waals surface area contributed by atoms with E-state index in [0.717, 1.165) is 25.7 Å². The van der Waals surface area contributed by atoms with Gasteiger partial charge in [0.25, 0.3) is 0 Å². The third-order valence-corrected chi connectivity index (χ3v) is 29.1. The van der Waals surface area contributed by atoms with Crippen LogP contribution in [0.2, 0.25) is 0 Å². The number of fused-ring (bicyclic) bond motifs is 8. The number of hydrogen-bond acceptors (Lipinski definition) is 33. The van der Waals surface area contributed by atoms with Crippen molar-refractivity contribution in [2.24, 2.45) is 35.5 Å². The summed E-state index contributed by atoms with van der Waals surface area (Å²) in [6, 6.07) is 0. The van der Waals surface area contributed by atoms with E-state index < -0.39 is 118 Å². The first-order valence-corrected chi connectivity index (χ1v) is 46.6. The molecule has 15 aliphatic heterocycles. The second-order valence-corrected chi connectivity index (χ2v) is 41.0. The van der Waals surface area contributed by atoms with Crippen molar-refractivity contribution in [1.29, 1.82) is 0 Å². The molecular formula is C94H178O33. The molecule has 33 atom stereocenters. The minimum Gasteiger partial charge on any atom is -0.393 e. The van der Waals surface area contributed by atoms with Crippen LogP contribution in [0.1, 0.15) is 277 Å². The molecule has 33 nitrogen and oxygen atoms in total. The summed E-state index contributed by atoms with van der Waals surface area (Å²) in [6.45, 7) is 65.6. The number of aliphatic hydroxyl groups is 6. The van der Waals surface area contributed by atoms with Crippen LogP contribution in [0.15, 0.2) is 0 Å². The lowest BCUT2D eigenvalue weighted by molar-refractivity contribution is -0.259. The summed E-state index contributed by atoms with van der Waals surface area (Å²) in [6.07, 6.45) is -3.01. The summed E-state index contributed by atoms with van der Waals surface area (Å²) in [5.74, 6) is -2.08. The summed E-state index contributed by atoms with van der Waals surface area (Å²) in [7, 11) is 9.92. The fourth-order valence-corrected chi connectivity index (χ4v) is 21.9. The first-order chi connectivity index (χ1) is 59.3. The molecule has 0 aromatic carbocycles. The van der Waals surface area contributed by atoms with Crippen LogP contribution in [-0.4, -0.2) is 326 Å². The highest BCUT2D eigenvalue weighted by Crippen LogP contribution is 2.55. The molecule has 0 saturated carbocycles. The van der Waals surface area contributed by atoms with E-state index >= 15 is 0 Å². The van der Waals surface area contributed by atoms with E-state index in [-0.39, 0.29) is 153 Å². The Hall–Kier alpha value is -1.32. The lowest BCUT2D eigenvalue weighted by atomic mass is 9.82. The Kier molecular flexibility index (Phi) is 37.2. The summed E-state index contributed by atoms with van der Waals surface area (Å²) >= 11 is 0. The quantitative estimate of drug-likeness (QED) is 0.0621. The van der Waals surface area contributed by atoms with Crippen molar-refractivity contribution in [3.63, 3.8) is 0 Å². The fourth-order valence-electron chi connectivity index (χ4n) is 21.9. The van der Waals surface area contributed by atoms with Gasteiger partial charge in [-0.1, -0.05) is 132 Å². The summed E-state index contributed by atoms with van der Waals surface area (Å²) in [5, 5.41) is 59.4. The summed E-state index contributed by atoms with van der Waals surface area (Å²) < 4.78 is 165. The van der Waals surface area contributed by atoms with Gasteiger partial charge in [-0.3, -0.25) is 0 Å². The van der Waals surface area contributed by atoms with Crippen LogP contribution in [0.25, 0.3) is 0 Å². The van der Waals surface area contributed by atoms with E-state index in [1.54, 1.807) is 49.4 Å². The van der Waals surface area contributed by atoms with Crippen molar-refractivity contribution < 1.29 is 162 Å². The Morgan fingerprint density at radius 2 is 0.575 bits per heavy atom. The lowest BCUT2D eigenvalue weighted by Gasteiger charge is -2.38. The van der Waals surface area contributed by atoms with Gasteiger partial charge in [0.15, 0.2) is 72.5 Å². The molecule has 2 bridgehead atoms. The third-order valence-electron chi connectivity index (χ3n) is 29.1. The van der Waals surface area contributed by atoms with E-state index in [4.69, 9.17) is 131 Å². The second-order valence-electron chi connectivity index (χ2n) is 41.0. The maximum atomic E-state index is 10.4. The predicted molar refractivity (Wildman–Crippen MR) is 470 cm³/mol. The van der Waals surface area contributed by atoms with E-state index in [0.29, 0.717) is 37.2 Å². The van der Waals surface area contributed by atoms with E-state index in [1.807, 2.05) is 125 Å². The van der Waals surface area contributed by atoms with Crippen molar-refractivity contribution in [1.82, 2.24) is 0 Å². The minimum absolute atomic E-state index is 0. The predicted octanol–water partition coefficient (Wildman–Crippen LogP) is 11.9. The highest BCUT2D eigenvalue weighted by molar-refractivity contribution is 5.13. The molecule has 15 fully saturated rings. The van der Waals surface area contributed by atoms with E-state index in [9.17, 15) is 30.6 Å². The van der Waals surface area contributed by atoms with E-state index in [2.05, 4.69) is 90.0 Å². The van der Waals surface area contributed by atoms with Gasteiger partial charge in [0.1, 0.15) is 142 Å². The normalized spacial score (nSPS) is 45.3. The monoisotopic (exact) mass is 1840 g/mol. The van der Waals surface area contributed by atoms with Gasteiger partial charge in [-0.25, -0.2) is 0 Å². The molecule has 0 radical (unpaired) electrons. The zero-order valence-corrected chi connectivity index (χ0v) is 84.0. The van der Waals surface area contributed by atoms with Crippen LogP contribution in [0.3, 0.4) is 0 Å². The zero-order chi connectivity index (χ0) is 97.4. The fraction of sp³-hybridized carbons (Fsp3) is 1.00. The van der Waals surface area contributed by atoms with Gasteiger partial charge >= 0.3 is 0 Å². The smallest absolute Gasteiger partial charge is 0.190 e. The highest BCUT2D eigenvalue weighted by atomic mass is 16.9. The molecule has 127 heavy (non-hydrogen) atoms. The number of hydrogen-bond donors (Lipinski definition) is 6. The molecule has 0 aromatic heterocycles. The Bertz CT molecular complexity index is 3180. The van der Waals surface area contributed by atoms with Gasteiger partial charge in [-0.05, 0) is 178 Å². The van der Waals surface area contributed by atoms with Gasteiger partial charge in [0.05, 0.1) is 38.1 Å². The molecule has 6 N–H and O–H groups in total. The van der Waals surface area contributed by atoms with Crippen LogP contribution >= 0.6 is 0 Å². The first-order valence-electron chi connectivity index (χ1n) is 47.6. The molecule has 15 aliphatic rings. The van der Waals surface area contributed by atoms with Crippen LogP contribution in [0.5, 0.6) is 0 Å². The number of methoxy groups -OCH3 is 6. The molecule has 33 heteroatoms. The molecule has 15 saturated heterocycles. The minimum atomic E-state index is -0.770. The highest BCUT2D eigenvalue weighted by Gasteiger charge is 2.70. The van der Waals surface area contributed by atoms with Crippen molar-refractivity contribution >= 4 is 0 Å². The number of ether oxygens (including phenoxy) is 27. The lowest BCUT2D eigenvalue weighted by Crippen LogP contribution is -2.52. The van der Waals surface area contributed by atoms with Crippen molar-refractivity contribution in [3.05, 3.63) is 0 Å². The van der Waals surface area contributed by atoms with Crippen molar-refractivity contribution in [2.45, 2.75) is 508 Å². The van der Waals surface area contributed by atoms with Gasteiger partial charge in [-0.15, -0.1) is 0 Å². The number of aliphatic hydroxyl groups excluding tert-OH is 6. The van der Waals surface area contributed by atoms with Crippen molar-refractivity contribution in [3.8, 4) is 0 Å². The summed E-state index contributed by atoms with van der Waals surface area (Å²) in [5.41, 5.74) is -4.10. The van der Waals surface area contributed by atoms with Crippen LogP contribution in [0, 0.1) is 35.5 Å².